The second-order valence-corrected chi connectivity index (χ2v) is 0.811. The molecule has 38 valence electrons. The molecule has 0 saturated heterocycles. The lowest BCUT2D eigenvalue weighted by Crippen LogP contribution is -1.67. The summed E-state index contributed by atoms with van der Waals surface area (Å²) >= 11 is 0. The lowest BCUT2D eigenvalue weighted by atomic mass is 10.6. The van der Waals surface area contributed by atoms with E-state index in [4.69, 9.17) is 0 Å². The summed E-state index contributed by atoms with van der Waals surface area (Å²) < 4.78 is 0. The number of oxime groups is 1. The van der Waals surface area contributed by atoms with E-state index in [-0.39, 0.29) is 0 Å². The van der Waals surface area contributed by atoms with E-state index in [1.807, 2.05) is 0 Å². The lowest BCUT2D eigenvalue weighted by Gasteiger charge is -1.75. The molecule has 0 rings (SSSR count). The second kappa shape index (κ2) is 5.03. The quantitative estimate of drug-likeness (QED) is 0.267. The van der Waals surface area contributed by atoms with Crippen molar-refractivity contribution in [1.29, 1.82) is 0 Å². The van der Waals surface area contributed by atoms with Gasteiger partial charge in [-0.05, 0) is 6.92 Å². The molecule has 0 aromatic heterocycles. The average molecular weight is 97.1 g/mol. The van der Waals surface area contributed by atoms with Crippen LogP contribution in [0.2, 0.25) is 0 Å². The number of hydrogen-bond donors (Lipinski definition) is 0. The van der Waals surface area contributed by atoms with Gasteiger partial charge in [-0.1, -0.05) is 11.1 Å². The topological polar surface area (TPSA) is 21.6 Å². The highest BCUT2D eigenvalue weighted by Crippen LogP contribution is 1.59. The predicted octanol–water partition coefficient (Wildman–Crippen LogP) is 0.642. The van der Waals surface area contributed by atoms with Crippen LogP contribution in [0.1, 0.15) is 6.92 Å². The van der Waals surface area contributed by atoms with E-state index in [1.165, 1.54) is 13.3 Å². The first-order valence-corrected chi connectivity index (χ1v) is 1.89. The first-order chi connectivity index (χ1) is 3.41. The molecule has 0 fully saturated rings. The molecule has 7 heavy (non-hydrogen) atoms. The third-order valence-electron chi connectivity index (χ3n) is 0.367. The molecule has 0 saturated carbocycles. The molecule has 0 aromatic rings. The molecule has 0 N–H and O–H groups in total. The van der Waals surface area contributed by atoms with E-state index in [1.54, 1.807) is 6.92 Å². The van der Waals surface area contributed by atoms with Crippen molar-refractivity contribution in [2.24, 2.45) is 5.16 Å². The Balaban J connectivity index is 3.21. The summed E-state index contributed by atoms with van der Waals surface area (Å²) in [6.45, 7) is 1.74. The first kappa shape index (κ1) is 6.03. The maximum Gasteiger partial charge on any atom is 0.116 e. The Morgan fingerprint density at radius 3 is 2.86 bits per heavy atom. The van der Waals surface area contributed by atoms with Gasteiger partial charge in [-0.25, -0.2) is 0 Å². The monoisotopic (exact) mass is 97.1 g/mol. The van der Waals surface area contributed by atoms with Crippen LogP contribution in [0.4, 0.5) is 0 Å². The maximum atomic E-state index is 4.31. The first-order valence-electron chi connectivity index (χ1n) is 1.89. The summed E-state index contributed by atoms with van der Waals surface area (Å²) in [6.07, 6.45) is 1.40. The Morgan fingerprint density at radius 1 is 1.71 bits per heavy atom. The van der Waals surface area contributed by atoms with Gasteiger partial charge in [0.05, 0.1) is 0 Å². The zero-order chi connectivity index (χ0) is 5.54. The normalized spacial score (nSPS) is 7.71. The summed E-state index contributed by atoms with van der Waals surface area (Å²) in [7, 11) is 1.48. The number of nitrogens with zero attached hydrogens (tertiary/aromatic N) is 1. The van der Waals surface area contributed by atoms with Gasteiger partial charge in [0.15, 0.2) is 0 Å². The van der Waals surface area contributed by atoms with E-state index in [0.29, 0.717) is 0 Å². The van der Waals surface area contributed by atoms with E-state index in [0.717, 1.165) is 0 Å². The lowest BCUT2D eigenvalue weighted by molar-refractivity contribution is 0.216. The van der Waals surface area contributed by atoms with Gasteiger partial charge >= 0.3 is 0 Å². The molecule has 2 heteroatoms. The fourth-order valence-electron chi connectivity index (χ4n) is 0.144. The molecule has 2 nitrogen and oxygen atoms in total. The van der Waals surface area contributed by atoms with Gasteiger partial charge in [0, 0.05) is 0 Å². The van der Waals surface area contributed by atoms with E-state index < -0.39 is 0 Å². The van der Waals surface area contributed by atoms with Crippen molar-refractivity contribution in [3.63, 3.8) is 0 Å². The van der Waals surface area contributed by atoms with Crippen LogP contribution in [-0.4, -0.2) is 13.3 Å². The Labute approximate surface area is 43.2 Å². The van der Waals surface area contributed by atoms with Gasteiger partial charge in [-0.2, -0.15) is 0 Å². The van der Waals surface area contributed by atoms with Crippen LogP contribution in [0.25, 0.3) is 0 Å². The van der Waals surface area contributed by atoms with Crippen LogP contribution in [0.3, 0.4) is 0 Å². The van der Waals surface area contributed by atoms with Gasteiger partial charge in [0.2, 0.25) is 0 Å². The largest absolute Gasteiger partial charge is 0.399 e. The average Bonchev–Trinajstić information content (AvgIpc) is 1.69. The molecule has 0 atom stereocenters. The van der Waals surface area contributed by atoms with Crippen molar-refractivity contribution < 1.29 is 4.84 Å². The Bertz CT molecular complexity index is 107. The van der Waals surface area contributed by atoms with Gasteiger partial charge in [0.25, 0.3) is 0 Å². The van der Waals surface area contributed by atoms with Crippen LogP contribution in [0.15, 0.2) is 5.16 Å². The third kappa shape index (κ3) is 5.03. The van der Waals surface area contributed by atoms with Crippen LogP contribution in [-0.2, 0) is 4.84 Å². The van der Waals surface area contributed by atoms with Gasteiger partial charge in [-0.3, -0.25) is 0 Å². The summed E-state index contributed by atoms with van der Waals surface area (Å²) in [5.41, 5.74) is 0. The molecule has 0 aliphatic heterocycles. The third-order valence-corrected chi connectivity index (χ3v) is 0.367. The summed E-state index contributed by atoms with van der Waals surface area (Å²) in [5, 5.41) is 3.36. The van der Waals surface area contributed by atoms with E-state index >= 15 is 0 Å². The SMILES string of the molecule is CC#C/C=N\OC. The fraction of sp³-hybridized carbons (Fsp3) is 0.400. The highest BCUT2D eigenvalue weighted by molar-refractivity contribution is 5.77. The number of rotatable bonds is 1. The fourth-order valence-corrected chi connectivity index (χ4v) is 0.144. The minimum absolute atomic E-state index is 1.40. The van der Waals surface area contributed by atoms with Crippen molar-refractivity contribution >= 4 is 6.21 Å². The van der Waals surface area contributed by atoms with Gasteiger partial charge < -0.3 is 4.84 Å². The molecule has 0 radical (unpaired) electrons. The van der Waals surface area contributed by atoms with Crippen LogP contribution >= 0.6 is 0 Å². The zero-order valence-electron chi connectivity index (χ0n) is 4.43. The molecule has 0 unspecified atom stereocenters. The molecular weight excluding hydrogens is 90.1 g/mol. The molecule has 0 aromatic carbocycles. The van der Waals surface area contributed by atoms with Crippen molar-refractivity contribution in [3.8, 4) is 11.8 Å². The highest BCUT2D eigenvalue weighted by atomic mass is 16.6. The Hall–Kier alpha value is -0.970. The van der Waals surface area contributed by atoms with Crippen molar-refractivity contribution in [3.05, 3.63) is 0 Å². The van der Waals surface area contributed by atoms with Crippen LogP contribution < -0.4 is 0 Å². The van der Waals surface area contributed by atoms with E-state index in [9.17, 15) is 0 Å². The molecule has 0 amide bonds. The van der Waals surface area contributed by atoms with Crippen LogP contribution in [0.5, 0.6) is 0 Å². The van der Waals surface area contributed by atoms with Crippen LogP contribution in [0, 0.1) is 11.8 Å². The summed E-state index contributed by atoms with van der Waals surface area (Å²) in [6, 6.07) is 0. The minimum atomic E-state index is 1.40. The Morgan fingerprint density at radius 2 is 2.43 bits per heavy atom. The van der Waals surface area contributed by atoms with Crippen molar-refractivity contribution in [1.82, 2.24) is 0 Å². The smallest absolute Gasteiger partial charge is 0.116 e. The Kier molecular flexibility index (Phi) is 4.33. The summed E-state index contributed by atoms with van der Waals surface area (Å²) in [4.78, 5) is 4.31. The van der Waals surface area contributed by atoms with Crippen molar-refractivity contribution in [2.75, 3.05) is 7.11 Å². The predicted molar refractivity (Wildman–Crippen MR) is 29.0 cm³/mol. The minimum Gasteiger partial charge on any atom is -0.399 e. The molecule has 0 spiro atoms. The maximum absolute atomic E-state index is 4.31. The van der Waals surface area contributed by atoms with Gasteiger partial charge in [-0.15, -0.1) is 5.92 Å². The van der Waals surface area contributed by atoms with E-state index in [2.05, 4.69) is 21.8 Å². The van der Waals surface area contributed by atoms with Crippen molar-refractivity contribution in [2.45, 2.75) is 6.92 Å². The molecular formula is C5H7NO. The molecule has 0 aliphatic carbocycles. The second-order valence-electron chi connectivity index (χ2n) is 0.811. The number of hydrogen-bond acceptors (Lipinski definition) is 2. The van der Waals surface area contributed by atoms with Gasteiger partial charge in [0.1, 0.15) is 13.3 Å². The molecule has 0 heterocycles. The standard InChI is InChI=1S/C5H7NO/c1-3-4-5-6-7-2/h5H,1-2H3/b6-5-. The molecule has 0 bridgehead atoms. The highest BCUT2D eigenvalue weighted by Gasteiger charge is 1.54. The zero-order valence-corrected chi connectivity index (χ0v) is 4.43. The summed E-state index contributed by atoms with van der Waals surface area (Å²) in [5.74, 6) is 5.21. The molecule has 0 aliphatic rings.